The molecular weight excluding hydrogens is 469 g/mol. The molecule has 192 valence electrons. The van der Waals surface area contributed by atoms with Gasteiger partial charge in [0.25, 0.3) is 0 Å². The standard InChI is InChI=1S/C27H30FNO7/c1-25-6-5-15(31)9-18(25)19(28)10-16-17-8-14-12-29(24(34)21-4-3-7-35-21)36-27(14,22(33)13-30)26(17,2)11-20(32)23(16)25/h3-7,9,14,16-17,19-20,23,30,32H,8,10-13H2,1-2H3/t14-,16?,17?,19-,20?,23?,25?,26-,27-/m0/s1. The molecule has 2 heterocycles. The number of fused-ring (bicyclic) bond motifs is 7. The molecule has 36 heavy (non-hydrogen) atoms. The number of Topliss-reactive ketones (excluding diaryl/α,β-unsaturated/α-hetero) is 1. The highest BCUT2D eigenvalue weighted by molar-refractivity contribution is 6.01. The van der Waals surface area contributed by atoms with Gasteiger partial charge in [0.2, 0.25) is 0 Å². The maximum atomic E-state index is 15.6. The third-order valence-electron chi connectivity index (χ3n) is 9.99. The quantitative estimate of drug-likeness (QED) is 0.656. The van der Waals surface area contributed by atoms with E-state index in [1.54, 1.807) is 12.1 Å². The van der Waals surface area contributed by atoms with E-state index in [4.69, 9.17) is 9.25 Å². The number of aliphatic hydroxyl groups excluding tert-OH is 2. The summed E-state index contributed by atoms with van der Waals surface area (Å²) in [5.74, 6) is -2.46. The molecule has 1 aromatic rings. The maximum Gasteiger partial charge on any atom is 0.313 e. The smallest absolute Gasteiger partial charge is 0.313 e. The molecule has 5 aliphatic rings. The van der Waals surface area contributed by atoms with Crippen molar-refractivity contribution in [3.05, 3.63) is 48.0 Å². The van der Waals surface area contributed by atoms with Gasteiger partial charge in [0.15, 0.2) is 22.9 Å². The summed E-state index contributed by atoms with van der Waals surface area (Å²) in [6.07, 6.45) is 4.47. The van der Waals surface area contributed by atoms with Crippen LogP contribution in [0.25, 0.3) is 0 Å². The van der Waals surface area contributed by atoms with Crippen molar-refractivity contribution in [2.45, 2.75) is 51.0 Å². The molecule has 1 amide bonds. The lowest BCUT2D eigenvalue weighted by Gasteiger charge is -2.60. The van der Waals surface area contributed by atoms with Crippen molar-refractivity contribution < 1.29 is 38.2 Å². The first kappa shape index (κ1) is 23.8. The van der Waals surface area contributed by atoms with E-state index in [9.17, 15) is 24.6 Å². The van der Waals surface area contributed by atoms with Gasteiger partial charge in [0, 0.05) is 22.7 Å². The number of halogens is 1. The molecule has 8 nitrogen and oxygen atoms in total. The molecule has 9 heteroatoms. The number of rotatable bonds is 3. The SMILES string of the molecule is CC12C=CC(=O)C=C1[C@@H](F)CC1C2C(O)C[C@@]2(C)C1C[C@H]1CN(C(=O)c3ccco3)O[C@]12C(=O)CO. The number of hydrogen-bond donors (Lipinski definition) is 2. The summed E-state index contributed by atoms with van der Waals surface area (Å²) in [5, 5.41) is 22.7. The van der Waals surface area contributed by atoms with Gasteiger partial charge in [-0.1, -0.05) is 19.9 Å². The Labute approximate surface area is 207 Å². The predicted molar refractivity (Wildman–Crippen MR) is 123 cm³/mol. The number of aliphatic hydroxyl groups is 2. The normalized spacial score (nSPS) is 45.0. The lowest BCUT2D eigenvalue weighted by molar-refractivity contribution is -0.236. The van der Waals surface area contributed by atoms with Crippen molar-refractivity contribution in [2.75, 3.05) is 13.2 Å². The lowest BCUT2D eigenvalue weighted by atomic mass is 9.46. The highest BCUT2D eigenvalue weighted by atomic mass is 19.1. The van der Waals surface area contributed by atoms with Gasteiger partial charge < -0.3 is 14.6 Å². The Hall–Kier alpha value is -2.62. The van der Waals surface area contributed by atoms with Gasteiger partial charge in [-0.15, -0.1) is 0 Å². The number of alkyl halides is 1. The lowest BCUT2D eigenvalue weighted by Crippen LogP contribution is -2.64. The highest BCUT2D eigenvalue weighted by Gasteiger charge is 2.76. The molecule has 4 aliphatic carbocycles. The average molecular weight is 500 g/mol. The number of amides is 1. The van der Waals surface area contributed by atoms with Crippen molar-refractivity contribution in [2.24, 2.45) is 34.5 Å². The minimum absolute atomic E-state index is 0.0745. The molecule has 9 atom stereocenters. The first-order valence-corrected chi connectivity index (χ1v) is 12.5. The topological polar surface area (TPSA) is 117 Å². The minimum Gasteiger partial charge on any atom is -0.459 e. The second-order valence-electron chi connectivity index (χ2n) is 11.5. The molecule has 2 N–H and O–H groups in total. The predicted octanol–water partition coefficient (Wildman–Crippen LogP) is 2.42. The van der Waals surface area contributed by atoms with Gasteiger partial charge in [0.05, 0.1) is 18.9 Å². The second-order valence-corrected chi connectivity index (χ2v) is 11.5. The van der Waals surface area contributed by atoms with E-state index in [1.807, 2.05) is 13.8 Å². The fourth-order valence-electron chi connectivity index (χ4n) is 8.64. The van der Waals surface area contributed by atoms with Crippen LogP contribution >= 0.6 is 0 Å². The number of allylic oxidation sites excluding steroid dienone is 4. The van der Waals surface area contributed by atoms with Gasteiger partial charge in [0.1, 0.15) is 12.8 Å². The van der Waals surface area contributed by atoms with Crippen molar-refractivity contribution in [3.63, 3.8) is 0 Å². The molecule has 0 bridgehead atoms. The van der Waals surface area contributed by atoms with E-state index in [2.05, 4.69) is 0 Å². The summed E-state index contributed by atoms with van der Waals surface area (Å²) in [6.45, 7) is 3.10. The third-order valence-corrected chi connectivity index (χ3v) is 9.99. The summed E-state index contributed by atoms with van der Waals surface area (Å²) < 4.78 is 20.8. The molecule has 1 aromatic heterocycles. The number of furan rings is 1. The second kappa shape index (κ2) is 7.69. The van der Waals surface area contributed by atoms with E-state index in [0.29, 0.717) is 12.0 Å². The zero-order valence-corrected chi connectivity index (χ0v) is 20.2. The van der Waals surface area contributed by atoms with Crippen molar-refractivity contribution in [3.8, 4) is 0 Å². The van der Waals surface area contributed by atoms with E-state index < -0.39 is 52.9 Å². The Morgan fingerprint density at radius 3 is 2.75 bits per heavy atom. The molecule has 6 rings (SSSR count). The van der Waals surface area contributed by atoms with Crippen LogP contribution in [-0.4, -0.2) is 63.8 Å². The Bertz CT molecular complexity index is 1190. The summed E-state index contributed by atoms with van der Waals surface area (Å²) in [5.41, 5.74) is -2.88. The largest absolute Gasteiger partial charge is 0.459 e. The molecule has 0 radical (unpaired) electrons. The van der Waals surface area contributed by atoms with Crippen LogP contribution in [0.5, 0.6) is 0 Å². The number of hydroxylamine groups is 2. The first-order chi connectivity index (χ1) is 17.1. The van der Waals surface area contributed by atoms with Gasteiger partial charge >= 0.3 is 5.91 Å². The van der Waals surface area contributed by atoms with Crippen LogP contribution in [-0.2, 0) is 14.4 Å². The molecule has 4 fully saturated rings. The van der Waals surface area contributed by atoms with Crippen LogP contribution in [0, 0.1) is 34.5 Å². The number of nitrogens with zero attached hydrogens (tertiary/aromatic N) is 1. The van der Waals surface area contributed by atoms with Crippen molar-refractivity contribution >= 4 is 17.5 Å². The summed E-state index contributed by atoms with van der Waals surface area (Å²) >= 11 is 0. The van der Waals surface area contributed by atoms with Crippen LogP contribution in [0.2, 0.25) is 0 Å². The molecule has 0 aromatic carbocycles. The van der Waals surface area contributed by atoms with E-state index in [0.717, 1.165) is 5.06 Å². The summed E-state index contributed by atoms with van der Waals surface area (Å²) in [7, 11) is 0. The van der Waals surface area contributed by atoms with Crippen LogP contribution in [0.1, 0.15) is 43.7 Å². The maximum absolute atomic E-state index is 15.6. The van der Waals surface area contributed by atoms with E-state index in [1.165, 1.54) is 24.5 Å². The first-order valence-electron chi connectivity index (χ1n) is 12.5. The number of carbonyl (C=O) groups is 3. The van der Waals surface area contributed by atoms with Crippen LogP contribution < -0.4 is 0 Å². The fraction of sp³-hybridized carbons (Fsp3) is 0.593. The van der Waals surface area contributed by atoms with Gasteiger partial charge in [-0.3, -0.25) is 19.2 Å². The molecule has 5 unspecified atom stereocenters. The van der Waals surface area contributed by atoms with Crippen LogP contribution in [0.4, 0.5) is 4.39 Å². The molecule has 3 saturated carbocycles. The van der Waals surface area contributed by atoms with Gasteiger partial charge in [-0.05, 0) is 61.0 Å². The number of hydrogen-bond acceptors (Lipinski definition) is 7. The van der Waals surface area contributed by atoms with Crippen LogP contribution in [0.3, 0.4) is 0 Å². The highest BCUT2D eigenvalue weighted by Crippen LogP contribution is 2.70. The Morgan fingerprint density at radius 2 is 2.06 bits per heavy atom. The zero-order chi connectivity index (χ0) is 25.6. The van der Waals surface area contributed by atoms with E-state index in [-0.39, 0.29) is 48.7 Å². The molecule has 0 spiro atoms. The molecule has 1 aliphatic heterocycles. The van der Waals surface area contributed by atoms with E-state index >= 15 is 4.39 Å². The number of carbonyl (C=O) groups excluding carboxylic acids is 3. The number of ketones is 2. The van der Waals surface area contributed by atoms with Gasteiger partial charge in [-0.25, -0.2) is 9.45 Å². The van der Waals surface area contributed by atoms with Crippen molar-refractivity contribution in [1.29, 1.82) is 0 Å². The summed E-state index contributed by atoms with van der Waals surface area (Å²) in [6, 6.07) is 3.10. The zero-order valence-electron chi connectivity index (χ0n) is 20.2. The fourth-order valence-corrected chi connectivity index (χ4v) is 8.64. The Morgan fingerprint density at radius 1 is 1.28 bits per heavy atom. The Balaban J connectivity index is 1.40. The van der Waals surface area contributed by atoms with Gasteiger partial charge in [-0.2, -0.15) is 0 Å². The summed E-state index contributed by atoms with van der Waals surface area (Å²) in [4.78, 5) is 44.7. The molecular formula is C27H30FNO7. The Kier molecular flexibility index (Phi) is 5.08. The minimum atomic E-state index is -1.53. The average Bonchev–Trinajstić information content (AvgIpc) is 3.55. The monoisotopic (exact) mass is 499 g/mol. The van der Waals surface area contributed by atoms with Crippen LogP contribution in [0.15, 0.2) is 46.6 Å². The van der Waals surface area contributed by atoms with Crippen molar-refractivity contribution in [1.82, 2.24) is 5.06 Å². The third kappa shape index (κ3) is 2.82. The molecule has 1 saturated heterocycles.